The van der Waals surface area contributed by atoms with Gasteiger partial charge in [0.25, 0.3) is 11.5 Å². The van der Waals surface area contributed by atoms with Gasteiger partial charge in [-0.1, -0.05) is 12.1 Å². The van der Waals surface area contributed by atoms with Crippen molar-refractivity contribution in [2.24, 2.45) is 5.92 Å². The van der Waals surface area contributed by atoms with Crippen molar-refractivity contribution in [2.75, 3.05) is 17.6 Å². The molecule has 19 heteroatoms. The molecule has 1 unspecified atom stereocenters. The van der Waals surface area contributed by atoms with Crippen LogP contribution in [0.3, 0.4) is 0 Å². The van der Waals surface area contributed by atoms with Gasteiger partial charge in [-0.05, 0) is 62.1 Å². The zero-order valence-corrected chi connectivity index (χ0v) is 26.8. The Hall–Kier alpha value is -6.01. The van der Waals surface area contributed by atoms with E-state index in [1.54, 1.807) is 12.1 Å². The number of nitrogen functional groups attached to an aromatic ring is 1. The van der Waals surface area contributed by atoms with E-state index in [2.05, 4.69) is 31.2 Å². The summed E-state index contributed by atoms with van der Waals surface area (Å²) in [6.45, 7) is 0.610. The first kappa shape index (κ1) is 38.4. The first-order valence-corrected chi connectivity index (χ1v) is 15.6. The van der Waals surface area contributed by atoms with E-state index in [0.717, 1.165) is 12.0 Å². The van der Waals surface area contributed by atoms with E-state index >= 15 is 0 Å². The molecule has 270 valence electrons. The van der Waals surface area contributed by atoms with Gasteiger partial charge < -0.3 is 47.4 Å². The van der Waals surface area contributed by atoms with Gasteiger partial charge in [0.15, 0.2) is 0 Å². The Labute approximate surface area is 284 Å². The number of carbonyl (C=O) groups excluding carboxylic acids is 3. The molecule has 0 saturated carbocycles. The molecule has 3 amide bonds. The van der Waals surface area contributed by atoms with Crippen molar-refractivity contribution < 1.29 is 54.0 Å². The Balaban J connectivity index is 1.46. The van der Waals surface area contributed by atoms with Gasteiger partial charge in [0.1, 0.15) is 23.9 Å². The van der Waals surface area contributed by atoms with Gasteiger partial charge in [-0.3, -0.25) is 29.0 Å². The molecular formula is C31H39N7O12. The van der Waals surface area contributed by atoms with Crippen molar-refractivity contribution in [1.82, 2.24) is 25.9 Å². The Kier molecular flexibility index (Phi) is 13.8. The molecule has 0 spiro atoms. The summed E-state index contributed by atoms with van der Waals surface area (Å²) in [6, 6.07) is 1.94. The number of aryl methyl sites for hydroxylation is 1. The fourth-order valence-electron chi connectivity index (χ4n) is 5.22. The maximum Gasteiger partial charge on any atom is 0.326 e. The van der Waals surface area contributed by atoms with Crippen LogP contribution in [0, 0.1) is 5.92 Å². The molecule has 0 saturated heterocycles. The number of carbonyl (C=O) groups is 7. The van der Waals surface area contributed by atoms with Crippen LogP contribution in [0.25, 0.3) is 0 Å². The van der Waals surface area contributed by atoms with E-state index in [9.17, 15) is 48.6 Å². The molecule has 19 nitrogen and oxygen atoms in total. The number of rotatable bonds is 19. The fraction of sp³-hybridized carbons (Fsp3) is 0.452. The van der Waals surface area contributed by atoms with E-state index in [4.69, 9.17) is 15.9 Å². The second-order valence-corrected chi connectivity index (χ2v) is 11.8. The highest BCUT2D eigenvalue weighted by Crippen LogP contribution is 2.23. The molecule has 4 atom stereocenters. The summed E-state index contributed by atoms with van der Waals surface area (Å²) in [4.78, 5) is 102. The van der Waals surface area contributed by atoms with Gasteiger partial charge in [0, 0.05) is 31.4 Å². The number of aromatic amines is 1. The number of benzene rings is 1. The maximum atomic E-state index is 12.8. The van der Waals surface area contributed by atoms with Crippen molar-refractivity contribution in [1.29, 1.82) is 0 Å². The van der Waals surface area contributed by atoms with Gasteiger partial charge in [-0.25, -0.2) is 14.4 Å². The molecular weight excluding hydrogens is 665 g/mol. The molecule has 0 fully saturated rings. The molecule has 2 aromatic rings. The lowest BCUT2D eigenvalue weighted by molar-refractivity contribution is -0.144. The molecule has 1 aliphatic rings. The number of carboxylic acids is 4. The summed E-state index contributed by atoms with van der Waals surface area (Å²) in [6.07, 6.45) is -0.824. The minimum Gasteiger partial charge on any atom is -0.481 e. The Morgan fingerprint density at radius 1 is 0.800 bits per heavy atom. The average molecular weight is 705 g/mol. The van der Waals surface area contributed by atoms with Crippen molar-refractivity contribution in [3.8, 4) is 0 Å². The molecule has 11 N–H and O–H groups in total. The average Bonchev–Trinajstić information content (AvgIpc) is 3.05. The number of nitrogens with two attached hydrogens (primary N) is 1. The number of anilines is 2. The van der Waals surface area contributed by atoms with Crippen molar-refractivity contribution >= 4 is 53.4 Å². The molecule has 1 aromatic heterocycles. The smallest absolute Gasteiger partial charge is 0.326 e. The van der Waals surface area contributed by atoms with Crippen LogP contribution in [0.1, 0.15) is 66.4 Å². The number of fused-ring (bicyclic) bond motifs is 1. The van der Waals surface area contributed by atoms with E-state index in [1.807, 2.05) is 0 Å². The number of aromatic nitrogens is 2. The molecule has 50 heavy (non-hydrogen) atoms. The third-order valence-electron chi connectivity index (χ3n) is 7.98. The Bertz CT molecular complexity index is 1660. The predicted octanol–water partition coefficient (Wildman–Crippen LogP) is -0.684. The number of carboxylic acid groups (broad SMARTS) is 4. The largest absolute Gasteiger partial charge is 0.481 e. The van der Waals surface area contributed by atoms with Gasteiger partial charge in [-0.2, -0.15) is 4.98 Å². The number of H-pyrrole nitrogens is 1. The van der Waals surface area contributed by atoms with Crippen molar-refractivity contribution in [3.05, 3.63) is 51.3 Å². The Morgan fingerprint density at radius 2 is 1.32 bits per heavy atom. The lowest BCUT2D eigenvalue weighted by Crippen LogP contribution is -2.45. The molecule has 2 heterocycles. The molecule has 1 aromatic carbocycles. The lowest BCUT2D eigenvalue weighted by Gasteiger charge is -2.24. The normalized spacial score (nSPS) is 15.2. The third-order valence-corrected chi connectivity index (χ3v) is 7.98. The highest BCUT2D eigenvalue weighted by Gasteiger charge is 2.27. The first-order chi connectivity index (χ1) is 23.6. The standard InChI is InChI=1S/C31H39N7O12/c32-31-37-25-18(27(44)38-31)13-16(14-33-25)2-1-15-3-5-17(6-4-15)26(43)36-21(30(49)50)8-11-23(40)34-19(28(45)46)7-10-22(39)35-20(29(47)48)9-12-24(41)42/h3-6,16,19-21H,1-2,7-14H2,(H,34,40)(H,35,39)(H,36,43)(H,41,42)(H,45,46)(H,47,48)(H,49,50)(H4,32,33,37,38,44)/t16?,19-,20-,21-/m0/s1/i34+1,35+1,36+1. The molecule has 3 rings (SSSR count). The minimum absolute atomic E-state index is 0.0405. The first-order valence-electron chi connectivity index (χ1n) is 15.6. The van der Waals surface area contributed by atoms with Crippen LogP contribution in [-0.4, -0.2) is 96.7 Å². The number of nitrogens with zero attached hydrogens (tertiary/aromatic N) is 1. The molecule has 0 aliphatic carbocycles. The monoisotopic (exact) mass is 704 g/mol. The number of nitrogens with one attached hydrogen (secondary N) is 5. The van der Waals surface area contributed by atoms with Crippen molar-refractivity contribution in [2.45, 2.75) is 75.9 Å². The highest BCUT2D eigenvalue weighted by atomic mass is 16.4. The van der Waals surface area contributed by atoms with Crippen LogP contribution in [0.4, 0.5) is 11.8 Å². The molecule has 1 aliphatic heterocycles. The minimum atomic E-state index is -1.57. The second-order valence-electron chi connectivity index (χ2n) is 11.8. The molecule has 0 bridgehead atoms. The number of amides is 3. The third kappa shape index (κ3) is 11.9. The fourth-order valence-corrected chi connectivity index (χ4v) is 5.22. The van der Waals surface area contributed by atoms with E-state index in [1.165, 1.54) is 12.1 Å². The van der Waals surface area contributed by atoms with Crippen LogP contribution < -0.4 is 32.6 Å². The maximum absolute atomic E-state index is 12.8. The van der Waals surface area contributed by atoms with Gasteiger partial charge in [0.2, 0.25) is 17.8 Å². The van der Waals surface area contributed by atoms with Crippen LogP contribution in [0.15, 0.2) is 29.1 Å². The second kappa shape index (κ2) is 17.9. The van der Waals surface area contributed by atoms with Crippen LogP contribution in [-0.2, 0) is 41.6 Å². The Morgan fingerprint density at radius 3 is 1.84 bits per heavy atom. The summed E-state index contributed by atoms with van der Waals surface area (Å²) < 4.78 is 0. The van der Waals surface area contributed by atoms with E-state index in [-0.39, 0.29) is 29.4 Å². The summed E-state index contributed by atoms with van der Waals surface area (Å²) in [5.74, 6) is -7.44. The zero-order valence-electron chi connectivity index (χ0n) is 26.8. The van der Waals surface area contributed by atoms with Gasteiger partial charge in [-0.15, -0.1) is 0 Å². The number of hydrogen-bond acceptors (Lipinski definition) is 11. The van der Waals surface area contributed by atoms with E-state index < -0.39 is 91.8 Å². The lowest BCUT2D eigenvalue weighted by atomic mass is 9.91. The number of aliphatic carboxylic acids is 4. The topological polar surface area (TPSA) is 320 Å². The SMILES string of the molecule is Nc1nc2c(c(=O)[nH]1)CC(CCc1ccc(C(=O)[15NH][C@@H](CCC(=O)[15NH][C@@H](CCC(=O)[15NH][C@@H](CCC(=O)O)C(=O)O)C(=O)O)C(=O)O)cc1)CN2. The van der Waals surface area contributed by atoms with Gasteiger partial charge >= 0.3 is 23.9 Å². The summed E-state index contributed by atoms with van der Waals surface area (Å²) >= 11 is 0. The van der Waals surface area contributed by atoms with Crippen molar-refractivity contribution in [3.63, 3.8) is 0 Å². The predicted molar refractivity (Wildman–Crippen MR) is 173 cm³/mol. The van der Waals surface area contributed by atoms with Crippen LogP contribution >= 0.6 is 0 Å². The summed E-state index contributed by atoms with van der Waals surface area (Å²) in [7, 11) is 0. The summed E-state index contributed by atoms with van der Waals surface area (Å²) in [5.41, 5.74) is 6.93. The number of hydrogen-bond donors (Lipinski definition) is 10. The highest BCUT2D eigenvalue weighted by molar-refractivity contribution is 5.96. The van der Waals surface area contributed by atoms with Gasteiger partial charge in [0.05, 0.1) is 5.56 Å². The van der Waals surface area contributed by atoms with Crippen LogP contribution in [0.2, 0.25) is 0 Å². The zero-order chi connectivity index (χ0) is 37.0. The van der Waals surface area contributed by atoms with E-state index in [0.29, 0.717) is 30.8 Å². The quantitative estimate of drug-likeness (QED) is 0.0810. The van der Waals surface area contributed by atoms with Crippen LogP contribution in [0.5, 0.6) is 0 Å². The summed E-state index contributed by atoms with van der Waals surface area (Å²) in [5, 5.41) is 46.7. The molecule has 0 radical (unpaired) electrons.